The van der Waals surface area contributed by atoms with E-state index in [1.807, 2.05) is 0 Å². The first kappa shape index (κ1) is 55.5. The van der Waals surface area contributed by atoms with E-state index in [0.29, 0.717) is 0 Å². The molecule has 0 bridgehead atoms. The maximum atomic E-state index is 0. The van der Waals surface area contributed by atoms with E-state index in [4.69, 9.17) is 0 Å². The summed E-state index contributed by atoms with van der Waals surface area (Å²) in [4.78, 5) is 0. The molecule has 0 aromatic heterocycles. The van der Waals surface area contributed by atoms with Crippen LogP contribution in [-0.2, 0) is 67.7 Å². The van der Waals surface area contributed by atoms with Crippen molar-refractivity contribution in [3.8, 4) is 0 Å². The van der Waals surface area contributed by atoms with Crippen LogP contribution in [0.25, 0.3) is 0 Å². The normalized spacial score (nSPS) is 0. The van der Waals surface area contributed by atoms with E-state index in [9.17, 15) is 0 Å². The van der Waals surface area contributed by atoms with Gasteiger partial charge in [0.2, 0.25) is 0 Å². The summed E-state index contributed by atoms with van der Waals surface area (Å²) < 4.78 is 0. The second-order valence-corrected chi connectivity index (χ2v) is 0. The van der Waals surface area contributed by atoms with Crippen molar-refractivity contribution in [1.29, 1.82) is 0 Å². The van der Waals surface area contributed by atoms with Gasteiger partial charge in [0.05, 0.1) is 0 Å². The Kier molecular flexibility index (Phi) is 375. The van der Waals surface area contributed by atoms with Gasteiger partial charge in [-0.05, 0) is 0 Å². The van der Waals surface area contributed by atoms with Crippen LogP contribution in [0, 0.1) is 0 Å². The molecule has 37 valence electrons. The van der Waals surface area contributed by atoms with Crippen molar-refractivity contribution in [2.24, 2.45) is 0 Å². The molecule has 0 saturated carbocycles. The molecule has 0 amide bonds. The van der Waals surface area contributed by atoms with Crippen LogP contribution in [0.5, 0.6) is 0 Å². The summed E-state index contributed by atoms with van der Waals surface area (Å²) in [5.74, 6) is 0. The second kappa shape index (κ2) is 33.8. The Labute approximate surface area is 78.0 Å². The molecule has 0 fully saturated rings. The van der Waals surface area contributed by atoms with E-state index in [-0.39, 0.29) is 78.7 Å². The molecule has 0 aromatic rings. The third kappa shape index (κ3) is 22.2. The van der Waals surface area contributed by atoms with Gasteiger partial charge in [-0.1, -0.05) is 0 Å². The van der Waals surface area contributed by atoms with Crippen molar-refractivity contribution in [2.45, 2.75) is 0 Å². The van der Waals surface area contributed by atoms with Gasteiger partial charge in [-0.3, -0.25) is 0 Å². The molecular weight excluding hydrogens is 254 g/mol. The van der Waals surface area contributed by atoms with Gasteiger partial charge in [-0.25, -0.2) is 0 Å². The van der Waals surface area contributed by atoms with Crippen molar-refractivity contribution in [2.75, 3.05) is 0 Å². The summed E-state index contributed by atoms with van der Waals surface area (Å²) >= 11 is 0. The van der Waals surface area contributed by atoms with Crippen LogP contribution < -0.4 is 0 Å². The monoisotopic (exact) mass is 253 g/mol. The average Bonchev–Trinajstić information content (AvgIpc) is 0. The number of rotatable bonds is 0. The zero-order chi connectivity index (χ0) is 0. The van der Waals surface area contributed by atoms with Gasteiger partial charge < -0.3 is 0 Å². The molecule has 0 aliphatic carbocycles. The topological polar surface area (TPSA) is 0 Å². The molecule has 0 aliphatic heterocycles. The molecule has 5 radical (unpaired) electrons. The maximum absolute atomic E-state index is 0. The molecule has 5 heteroatoms. The largest absolute Gasteiger partial charge is 0 e. The fourth-order valence-corrected chi connectivity index (χ4v) is 0. The molecule has 5 heavy (non-hydrogen) atoms. The van der Waals surface area contributed by atoms with Crippen molar-refractivity contribution in [1.82, 2.24) is 0 Å². The minimum absolute atomic E-state index is 0. The van der Waals surface area contributed by atoms with Crippen molar-refractivity contribution in [3.05, 3.63) is 0 Å². The molecule has 0 N–H and O–H groups in total. The quantitative estimate of drug-likeness (QED) is 0.516. The first-order chi connectivity index (χ1) is 0. The summed E-state index contributed by atoms with van der Waals surface area (Å²) in [6.45, 7) is 0. The first-order valence-electron chi connectivity index (χ1n) is 0. The van der Waals surface area contributed by atoms with Crippen LogP contribution in [0.4, 0.5) is 0 Å². The van der Waals surface area contributed by atoms with Crippen LogP contribution in [0.2, 0.25) is 0 Å². The van der Waals surface area contributed by atoms with Crippen LogP contribution in [-0.4, -0.2) is 11.0 Å². The summed E-state index contributed by atoms with van der Waals surface area (Å²) in [7, 11) is 0. The van der Waals surface area contributed by atoms with Crippen LogP contribution >= 0.6 is 0 Å². The summed E-state index contributed by atoms with van der Waals surface area (Å²) in [6, 6.07) is 0. The summed E-state index contributed by atoms with van der Waals surface area (Å²) in [5.41, 5.74) is 0. The molecule has 0 unspecified atom stereocenters. The zero-order valence-electron chi connectivity index (χ0n) is 1.91. The SMILES string of the molecule is [Co].[Cr].[Fe].[Ni].[Si]. The van der Waals surface area contributed by atoms with Crippen molar-refractivity contribution < 1.29 is 67.7 Å². The van der Waals surface area contributed by atoms with E-state index in [1.165, 1.54) is 0 Å². The summed E-state index contributed by atoms with van der Waals surface area (Å²) in [5, 5.41) is 0. The van der Waals surface area contributed by atoms with Gasteiger partial charge in [-0.15, -0.1) is 0 Å². The Morgan fingerprint density at radius 1 is 1.00 bits per heavy atom. The third-order valence-corrected chi connectivity index (χ3v) is 0. The summed E-state index contributed by atoms with van der Waals surface area (Å²) in [6.07, 6.45) is 0. The fourth-order valence-electron chi connectivity index (χ4n) is 0. The fraction of sp³-hybridized carbons (Fsp3) is 0. The Morgan fingerprint density at radius 2 is 1.00 bits per heavy atom. The van der Waals surface area contributed by atoms with Gasteiger partial charge >= 0.3 is 0 Å². The van der Waals surface area contributed by atoms with E-state index in [1.54, 1.807) is 0 Å². The number of hydrogen-bond acceptors (Lipinski definition) is 0. The Balaban J connectivity index is 0. The molecule has 0 aliphatic rings. The second-order valence-electron chi connectivity index (χ2n) is 0. The Morgan fingerprint density at radius 3 is 1.00 bits per heavy atom. The van der Waals surface area contributed by atoms with Crippen molar-refractivity contribution >= 4 is 11.0 Å². The van der Waals surface area contributed by atoms with Crippen LogP contribution in [0.3, 0.4) is 0 Å². The maximum Gasteiger partial charge on any atom is 0 e. The number of hydrogen-bond donors (Lipinski definition) is 0. The molecular formula is CoCrFeNiSi. The minimum Gasteiger partial charge on any atom is 0 e. The van der Waals surface area contributed by atoms with E-state index < -0.39 is 0 Å². The van der Waals surface area contributed by atoms with Gasteiger partial charge in [0.25, 0.3) is 0 Å². The van der Waals surface area contributed by atoms with Gasteiger partial charge in [0.1, 0.15) is 0 Å². The third-order valence-electron chi connectivity index (χ3n) is 0. The van der Waals surface area contributed by atoms with Crippen LogP contribution in [0.1, 0.15) is 0 Å². The predicted octanol–water partition coefficient (Wildman–Crippen LogP) is -0.391. The van der Waals surface area contributed by atoms with Gasteiger partial charge in [0.15, 0.2) is 0 Å². The van der Waals surface area contributed by atoms with E-state index in [0.717, 1.165) is 0 Å². The van der Waals surface area contributed by atoms with Crippen molar-refractivity contribution in [3.63, 3.8) is 0 Å². The smallest absolute Gasteiger partial charge is 0 e. The minimum atomic E-state index is 0. The molecule has 0 nitrogen and oxygen atoms in total. The molecule has 0 rings (SSSR count). The molecule has 0 atom stereocenters. The van der Waals surface area contributed by atoms with Crippen LogP contribution in [0.15, 0.2) is 0 Å². The van der Waals surface area contributed by atoms with E-state index >= 15 is 0 Å². The standard InChI is InChI=1S/Co.Cr.Fe.Ni.Si. The first-order valence-corrected chi connectivity index (χ1v) is 0. The molecule has 0 heterocycles. The molecule has 0 aromatic carbocycles. The Hall–Kier alpha value is 2.27. The molecule has 0 spiro atoms. The Bertz CT molecular complexity index is 11.6. The van der Waals surface area contributed by atoms with Gasteiger partial charge in [-0.2, -0.15) is 0 Å². The van der Waals surface area contributed by atoms with E-state index in [2.05, 4.69) is 0 Å². The zero-order valence-corrected chi connectivity index (χ0v) is 7.32. The predicted molar refractivity (Wildman–Crippen MR) is 5.75 cm³/mol. The van der Waals surface area contributed by atoms with Gasteiger partial charge in [0, 0.05) is 78.7 Å². The molecule has 0 saturated heterocycles. The average molecular weight is 254 g/mol.